The summed E-state index contributed by atoms with van der Waals surface area (Å²) in [4.78, 5) is 28.7. The van der Waals surface area contributed by atoms with Crippen molar-refractivity contribution < 1.29 is 24.2 Å². The van der Waals surface area contributed by atoms with Crippen LogP contribution in [0.25, 0.3) is 0 Å². The second-order valence-corrected chi connectivity index (χ2v) is 4.42. The van der Waals surface area contributed by atoms with Gasteiger partial charge < -0.3 is 15.6 Å². The minimum Gasteiger partial charge on any atom is -0.514 e. The molecule has 0 aliphatic carbocycles. The summed E-state index contributed by atoms with van der Waals surface area (Å²) in [5, 5.41) is 7.75. The van der Waals surface area contributed by atoms with E-state index < -0.39 is 0 Å². The zero-order valence-corrected chi connectivity index (χ0v) is 13.6. The molecule has 0 radical (unpaired) electrons. The molecular formula is C12H16Cl3NO5. The van der Waals surface area contributed by atoms with Crippen LogP contribution in [0, 0.1) is 0 Å². The van der Waals surface area contributed by atoms with Crippen LogP contribution in [0.15, 0.2) is 33.8 Å². The number of carbonyl (C=O) groups is 3. The van der Waals surface area contributed by atoms with Gasteiger partial charge in [0.05, 0.1) is 11.1 Å². The molecular weight excluding hydrogens is 344 g/mol. The van der Waals surface area contributed by atoms with E-state index in [0.29, 0.717) is 25.1 Å². The number of nitrogens with two attached hydrogens (primary N) is 1. The summed E-state index contributed by atoms with van der Waals surface area (Å²) in [7, 11) is 0. The number of aldehydes is 3. The molecule has 0 saturated heterocycles. The molecule has 0 aromatic carbocycles. The van der Waals surface area contributed by atoms with E-state index in [0.717, 1.165) is 6.20 Å². The Balaban J connectivity index is -0.000000240. The van der Waals surface area contributed by atoms with Crippen LogP contribution in [0.1, 0.15) is 13.8 Å². The van der Waals surface area contributed by atoms with Gasteiger partial charge in [0, 0.05) is 6.20 Å². The maximum atomic E-state index is 9.84. The van der Waals surface area contributed by atoms with Crippen molar-refractivity contribution in [3.8, 4) is 0 Å². The van der Waals surface area contributed by atoms with Gasteiger partial charge in [-0.2, -0.15) is 0 Å². The van der Waals surface area contributed by atoms with Gasteiger partial charge in [-0.25, -0.2) is 0 Å². The molecule has 0 rings (SSSR count). The molecule has 0 aromatic rings. The first kappa shape index (κ1) is 24.5. The Bertz CT molecular complexity index is 370. The summed E-state index contributed by atoms with van der Waals surface area (Å²) >= 11 is 15.2. The second kappa shape index (κ2) is 18.5. The standard InChI is InChI=1S/C6H9ClO2.C3H4ClNO.C3H3ClO2/c1-5(2)9-4-6(7)3-8;2*4-3(1-5)2-6/h3-5H,1-2H3;1-2H,5H2;1-2,5H/b6-4+;2*3-1+. The maximum Gasteiger partial charge on any atom is 0.164 e. The monoisotopic (exact) mass is 359 g/mol. The van der Waals surface area contributed by atoms with Gasteiger partial charge in [0.2, 0.25) is 0 Å². The molecule has 0 heterocycles. The third-order valence-electron chi connectivity index (χ3n) is 1.07. The molecule has 0 saturated carbocycles. The molecule has 120 valence electrons. The quantitative estimate of drug-likeness (QED) is 0.443. The molecule has 0 aromatic heterocycles. The van der Waals surface area contributed by atoms with Gasteiger partial charge in [0.1, 0.15) is 22.6 Å². The topological polar surface area (TPSA) is 107 Å². The Morgan fingerprint density at radius 2 is 1.43 bits per heavy atom. The van der Waals surface area contributed by atoms with Gasteiger partial charge in [0.25, 0.3) is 0 Å². The summed E-state index contributed by atoms with van der Waals surface area (Å²) in [6.07, 6.45) is 4.23. The molecule has 0 fully saturated rings. The lowest BCUT2D eigenvalue weighted by Crippen LogP contribution is -1.95. The van der Waals surface area contributed by atoms with Gasteiger partial charge in [-0.15, -0.1) is 0 Å². The Labute approximate surface area is 137 Å². The minimum atomic E-state index is -0.185. The van der Waals surface area contributed by atoms with Gasteiger partial charge in [-0.3, -0.25) is 14.4 Å². The molecule has 9 heteroatoms. The Morgan fingerprint density at radius 3 is 1.57 bits per heavy atom. The third-order valence-corrected chi connectivity index (χ3v) is 1.65. The average Bonchev–Trinajstić information content (AvgIpc) is 2.51. The molecule has 0 spiro atoms. The van der Waals surface area contributed by atoms with Crippen molar-refractivity contribution in [1.29, 1.82) is 0 Å². The van der Waals surface area contributed by atoms with Crippen LogP contribution in [0.2, 0.25) is 0 Å². The molecule has 0 unspecified atom stereocenters. The molecule has 21 heavy (non-hydrogen) atoms. The Kier molecular flexibility index (Phi) is 21.6. The molecule has 0 aliphatic heterocycles. The van der Waals surface area contributed by atoms with Crippen LogP contribution < -0.4 is 5.73 Å². The highest BCUT2D eigenvalue weighted by molar-refractivity contribution is 6.39. The normalized spacial score (nSPS) is 11.4. The smallest absolute Gasteiger partial charge is 0.164 e. The highest BCUT2D eigenvalue weighted by atomic mass is 35.5. The van der Waals surface area contributed by atoms with Crippen LogP contribution >= 0.6 is 34.8 Å². The van der Waals surface area contributed by atoms with E-state index in [9.17, 15) is 14.4 Å². The highest BCUT2D eigenvalue weighted by Crippen LogP contribution is 1.98. The number of allylic oxidation sites excluding steroid dienone is 3. The Hall–Kier alpha value is -1.50. The van der Waals surface area contributed by atoms with E-state index in [1.54, 1.807) is 0 Å². The molecule has 6 nitrogen and oxygen atoms in total. The van der Waals surface area contributed by atoms with E-state index in [1.807, 2.05) is 13.8 Å². The SMILES string of the molecule is CC(C)O/C=C(/Cl)C=O.N/C=C(/Cl)C=O.O=C/C(Cl)=C\O. The van der Waals surface area contributed by atoms with Gasteiger partial charge in [-0.1, -0.05) is 34.8 Å². The average molecular weight is 361 g/mol. The minimum absolute atomic E-state index is 0.0370. The fourth-order valence-electron chi connectivity index (χ4n) is 0.299. The zero-order valence-electron chi connectivity index (χ0n) is 11.3. The summed E-state index contributed by atoms with van der Waals surface area (Å²) in [6.45, 7) is 3.71. The zero-order chi connectivity index (χ0) is 17.3. The molecule has 0 bridgehead atoms. The molecule has 0 aliphatic rings. The maximum absolute atomic E-state index is 9.84. The predicted octanol–water partition coefficient (Wildman–Crippen LogP) is 2.74. The van der Waals surface area contributed by atoms with Crippen LogP contribution in [0.5, 0.6) is 0 Å². The van der Waals surface area contributed by atoms with E-state index in [2.05, 4.69) is 0 Å². The van der Waals surface area contributed by atoms with E-state index in [1.165, 1.54) is 6.26 Å². The van der Waals surface area contributed by atoms with E-state index >= 15 is 0 Å². The highest BCUT2D eigenvalue weighted by Gasteiger charge is 1.89. The van der Waals surface area contributed by atoms with Crippen molar-refractivity contribution in [2.45, 2.75) is 20.0 Å². The van der Waals surface area contributed by atoms with Crippen molar-refractivity contribution >= 4 is 53.7 Å². The number of ether oxygens (including phenoxy) is 1. The lowest BCUT2D eigenvalue weighted by atomic mass is 10.5. The number of aliphatic hydroxyl groups is 1. The molecule has 0 atom stereocenters. The predicted molar refractivity (Wildman–Crippen MR) is 83.0 cm³/mol. The molecule has 0 amide bonds. The number of rotatable bonds is 5. The van der Waals surface area contributed by atoms with Crippen molar-refractivity contribution in [2.75, 3.05) is 0 Å². The van der Waals surface area contributed by atoms with Gasteiger partial charge in [-0.05, 0) is 13.8 Å². The lowest BCUT2D eigenvalue weighted by molar-refractivity contribution is -0.105. The first-order valence-corrected chi connectivity index (χ1v) is 6.36. The van der Waals surface area contributed by atoms with E-state index in [4.69, 9.17) is 50.4 Å². The lowest BCUT2D eigenvalue weighted by Gasteiger charge is -2.01. The summed E-state index contributed by atoms with van der Waals surface area (Å²) < 4.78 is 4.87. The van der Waals surface area contributed by atoms with Gasteiger partial charge >= 0.3 is 0 Å². The fraction of sp³-hybridized carbons (Fsp3) is 0.250. The first-order valence-electron chi connectivity index (χ1n) is 5.22. The fourth-order valence-corrected chi connectivity index (χ4v) is 0.350. The molecule has 3 N–H and O–H groups in total. The second-order valence-electron chi connectivity index (χ2n) is 3.11. The number of aliphatic hydroxyl groups excluding tert-OH is 1. The van der Waals surface area contributed by atoms with Crippen molar-refractivity contribution in [3.05, 3.63) is 33.8 Å². The van der Waals surface area contributed by atoms with Crippen molar-refractivity contribution in [2.24, 2.45) is 5.73 Å². The van der Waals surface area contributed by atoms with Crippen LogP contribution in [-0.2, 0) is 19.1 Å². The van der Waals surface area contributed by atoms with Crippen molar-refractivity contribution in [3.63, 3.8) is 0 Å². The van der Waals surface area contributed by atoms with Crippen molar-refractivity contribution in [1.82, 2.24) is 0 Å². The van der Waals surface area contributed by atoms with Crippen LogP contribution in [0.3, 0.4) is 0 Å². The third kappa shape index (κ3) is 27.6. The number of hydrogen-bond donors (Lipinski definition) is 2. The first-order chi connectivity index (χ1) is 9.78. The Morgan fingerprint density at radius 1 is 1.00 bits per heavy atom. The van der Waals surface area contributed by atoms with Crippen LogP contribution in [-0.4, -0.2) is 30.1 Å². The summed E-state index contributed by atoms with van der Waals surface area (Å²) in [5.41, 5.74) is 4.76. The van der Waals surface area contributed by atoms with E-state index in [-0.39, 0.29) is 21.2 Å². The number of halogens is 3. The summed E-state index contributed by atoms with van der Waals surface area (Å²) in [5.74, 6) is 0. The largest absolute Gasteiger partial charge is 0.514 e. The number of carbonyl (C=O) groups excluding carboxylic acids is 3. The van der Waals surface area contributed by atoms with Crippen LogP contribution in [0.4, 0.5) is 0 Å². The number of hydrogen-bond acceptors (Lipinski definition) is 6. The van der Waals surface area contributed by atoms with Gasteiger partial charge in [0.15, 0.2) is 18.9 Å². The summed E-state index contributed by atoms with van der Waals surface area (Å²) in [6, 6.07) is 0.